The van der Waals surface area contributed by atoms with Crippen LogP contribution in [0.5, 0.6) is 0 Å². The molecule has 2 bridgehead atoms. The second-order valence-corrected chi connectivity index (χ2v) is 19.3. The predicted octanol–water partition coefficient (Wildman–Crippen LogP) is -1.49. The van der Waals surface area contributed by atoms with E-state index in [4.69, 9.17) is 38.3 Å². The van der Waals surface area contributed by atoms with Crippen molar-refractivity contribution in [1.82, 2.24) is 0 Å². The van der Waals surface area contributed by atoms with Gasteiger partial charge in [-0.3, -0.25) is 14.4 Å². The summed E-state index contributed by atoms with van der Waals surface area (Å²) in [5, 5.41) is 105. The molecule has 0 aromatic rings. The van der Waals surface area contributed by atoms with Gasteiger partial charge < -0.3 is 84.2 Å². The minimum atomic E-state index is -1.84. The van der Waals surface area contributed by atoms with Gasteiger partial charge in [0.1, 0.15) is 80.2 Å². The molecule has 62 heavy (non-hydrogen) atoms. The fraction of sp³-hybridized carbons (Fsp3) is 0.881. The summed E-state index contributed by atoms with van der Waals surface area (Å²) in [4.78, 5) is 37.1. The van der Waals surface area contributed by atoms with E-state index in [1.807, 2.05) is 6.92 Å². The van der Waals surface area contributed by atoms with Crippen molar-refractivity contribution in [2.45, 2.75) is 189 Å². The molecule has 7 aliphatic rings. The number of aliphatic hydroxyl groups is 9. The smallest absolute Gasteiger partial charge is 0.317 e. The van der Waals surface area contributed by atoms with Crippen LogP contribution in [0.15, 0.2) is 12.2 Å². The van der Waals surface area contributed by atoms with Gasteiger partial charge >= 0.3 is 17.9 Å². The molecule has 4 aliphatic carbocycles. The fourth-order valence-electron chi connectivity index (χ4n) is 12.5. The summed E-state index contributed by atoms with van der Waals surface area (Å²) in [5.74, 6) is -3.29. The van der Waals surface area contributed by atoms with E-state index in [0.717, 1.165) is 12.0 Å². The fourth-order valence-corrected chi connectivity index (χ4v) is 12.5. The number of hydrogen-bond acceptors (Lipinski definition) is 19. The molecule has 1 spiro atoms. The van der Waals surface area contributed by atoms with Gasteiger partial charge in [-0.2, -0.15) is 0 Å². The Morgan fingerprint density at radius 2 is 1.35 bits per heavy atom. The van der Waals surface area contributed by atoms with Crippen LogP contribution in [0.25, 0.3) is 0 Å². The van der Waals surface area contributed by atoms with Crippen molar-refractivity contribution in [2.75, 3.05) is 13.2 Å². The lowest BCUT2D eigenvalue weighted by Crippen LogP contribution is -2.65. The van der Waals surface area contributed by atoms with Gasteiger partial charge in [0, 0.05) is 0 Å². The van der Waals surface area contributed by atoms with E-state index in [9.17, 15) is 60.3 Å². The zero-order valence-electron chi connectivity index (χ0n) is 35.3. The summed E-state index contributed by atoms with van der Waals surface area (Å²) >= 11 is 0. The Morgan fingerprint density at radius 1 is 0.742 bits per heavy atom. The zero-order chi connectivity index (χ0) is 45.3. The highest BCUT2D eigenvalue weighted by Crippen LogP contribution is 2.73. The maximum Gasteiger partial charge on any atom is 0.317 e. The summed E-state index contributed by atoms with van der Waals surface area (Å²) in [6.45, 7) is 8.96. The van der Waals surface area contributed by atoms with Gasteiger partial charge in [0.2, 0.25) is 6.29 Å². The molecule has 352 valence electrons. The number of fused-ring (bicyclic) bond motifs is 3. The van der Waals surface area contributed by atoms with Gasteiger partial charge in [-0.15, -0.1) is 0 Å². The number of ether oxygens (including phenoxy) is 7. The van der Waals surface area contributed by atoms with E-state index in [1.165, 1.54) is 0 Å². The number of rotatable bonds is 12. The van der Waals surface area contributed by atoms with Crippen molar-refractivity contribution in [2.24, 2.45) is 28.1 Å². The first kappa shape index (κ1) is 47.5. The molecule has 3 aliphatic heterocycles. The maximum atomic E-state index is 14.3. The molecule has 20 heteroatoms. The van der Waals surface area contributed by atoms with Crippen molar-refractivity contribution in [3.05, 3.63) is 12.2 Å². The molecule has 0 aromatic carbocycles. The lowest BCUT2D eigenvalue weighted by molar-refractivity contribution is -0.377. The Morgan fingerprint density at radius 3 is 2.02 bits per heavy atom. The highest BCUT2D eigenvalue weighted by atomic mass is 16.8. The minimum Gasteiger partial charge on any atom is -0.481 e. The first-order valence-electron chi connectivity index (χ1n) is 21.8. The van der Waals surface area contributed by atoms with Gasteiger partial charge in [0.25, 0.3) is 0 Å². The van der Waals surface area contributed by atoms with Crippen molar-refractivity contribution in [1.29, 1.82) is 0 Å². The van der Waals surface area contributed by atoms with Crippen LogP contribution in [0.1, 0.15) is 91.4 Å². The van der Waals surface area contributed by atoms with Crippen LogP contribution in [-0.4, -0.2) is 180 Å². The lowest BCUT2D eigenvalue weighted by atomic mass is 9.41. The van der Waals surface area contributed by atoms with E-state index in [0.29, 0.717) is 57.8 Å². The van der Waals surface area contributed by atoms with Gasteiger partial charge in [-0.1, -0.05) is 26.8 Å². The van der Waals surface area contributed by atoms with Crippen molar-refractivity contribution >= 4 is 17.9 Å². The minimum absolute atomic E-state index is 0.0970. The van der Waals surface area contributed by atoms with Crippen LogP contribution >= 0.6 is 0 Å². The summed E-state index contributed by atoms with van der Waals surface area (Å²) < 4.78 is 41.2. The molecule has 0 aromatic heterocycles. The zero-order valence-corrected chi connectivity index (χ0v) is 35.3. The summed E-state index contributed by atoms with van der Waals surface area (Å²) in [6.07, 6.45) is -18.3. The molecular formula is C42H64O20. The molecule has 21 atom stereocenters. The van der Waals surface area contributed by atoms with Crippen LogP contribution in [0.4, 0.5) is 0 Å². The standard InChI is InChI=1S/C42H64O20/c1-5-19-26(47)31(52)34(60-35-32(53)29(50)27(48)20(15-43)58-35)37(57-19)62-42-12-8-23-39(3)9-6-10-40(4,22(39)7-11-41(23,17-42)14-18(42)2)38(55)61-36-33(54)30(51)28(49)21(59-36)16-56-25(46)13-24(44)45/h19-23,26-37,43,47-54H,2,5-17H2,1,3-4H3,(H,44,45)/t19-,20?,21?,22+,23+,26?,27-,28-,29?,30?,31?,32?,33?,34-,35+,36+,37?,39-,40-,41-,42+/m1/s1. The Hall–Kier alpha value is -2.41. The van der Waals surface area contributed by atoms with E-state index >= 15 is 0 Å². The van der Waals surface area contributed by atoms with Crippen LogP contribution in [0, 0.1) is 28.1 Å². The Bertz CT molecular complexity index is 1680. The van der Waals surface area contributed by atoms with E-state index in [1.54, 1.807) is 6.92 Å². The van der Waals surface area contributed by atoms with E-state index in [2.05, 4.69) is 13.5 Å². The summed E-state index contributed by atoms with van der Waals surface area (Å²) in [5.41, 5.74) is -1.87. The third-order valence-corrected chi connectivity index (χ3v) is 15.7. The molecule has 7 fully saturated rings. The lowest BCUT2D eigenvalue weighted by Gasteiger charge is -2.64. The van der Waals surface area contributed by atoms with Crippen LogP contribution in [0.2, 0.25) is 0 Å². The Balaban J connectivity index is 1.07. The maximum absolute atomic E-state index is 14.3. The summed E-state index contributed by atoms with van der Waals surface area (Å²) in [7, 11) is 0. The highest BCUT2D eigenvalue weighted by Gasteiger charge is 2.69. The van der Waals surface area contributed by atoms with Gasteiger partial charge in [-0.25, -0.2) is 0 Å². The Labute approximate surface area is 358 Å². The van der Waals surface area contributed by atoms with Crippen molar-refractivity contribution in [3.63, 3.8) is 0 Å². The third kappa shape index (κ3) is 8.13. The van der Waals surface area contributed by atoms with Gasteiger partial charge in [0.15, 0.2) is 12.6 Å². The number of hydrogen-bond donors (Lipinski definition) is 10. The summed E-state index contributed by atoms with van der Waals surface area (Å²) in [6, 6.07) is 0. The monoisotopic (exact) mass is 888 g/mol. The SMILES string of the molecule is C=C1C[C@@]23CC[C@H]4[C@@](C)(CCC[C@@]4(C)C(=O)O[C@@H]4OC(COC(=O)CC(=O)O)[C@@H](O)C(O)C4O)[C@@H]2CC[C@]1(OC1O[C@H](CC)C(O)C(O)[C@H]1O[C@@H]1OC(CO)[C@@H](O)C(O)C1O)C3. The molecule has 9 unspecified atom stereocenters. The van der Waals surface area contributed by atoms with Gasteiger partial charge in [-0.05, 0) is 93.0 Å². The van der Waals surface area contributed by atoms with Crippen LogP contribution in [0.3, 0.4) is 0 Å². The number of esters is 2. The van der Waals surface area contributed by atoms with Crippen LogP contribution < -0.4 is 0 Å². The molecule has 3 saturated heterocycles. The first-order chi connectivity index (χ1) is 29.1. The molecule has 10 N–H and O–H groups in total. The van der Waals surface area contributed by atoms with Crippen molar-refractivity contribution in [3.8, 4) is 0 Å². The molecule has 20 nitrogen and oxygen atoms in total. The first-order valence-corrected chi connectivity index (χ1v) is 21.8. The molecule has 0 amide bonds. The predicted molar refractivity (Wildman–Crippen MR) is 206 cm³/mol. The molecule has 4 saturated carbocycles. The quantitative estimate of drug-likeness (QED) is 0.0462. The second-order valence-electron chi connectivity index (χ2n) is 19.3. The number of carbonyl (C=O) groups excluding carboxylic acids is 2. The van der Waals surface area contributed by atoms with E-state index < -0.39 is 141 Å². The Kier molecular flexibility index (Phi) is 13.6. The molecule has 7 rings (SSSR count). The van der Waals surface area contributed by atoms with Gasteiger partial charge in [0.05, 0.1) is 23.7 Å². The number of aliphatic hydroxyl groups excluding tert-OH is 9. The molecule has 0 radical (unpaired) electrons. The molecule has 3 heterocycles. The number of carboxylic acid groups (broad SMARTS) is 1. The number of aliphatic carboxylic acids is 1. The van der Waals surface area contributed by atoms with Crippen molar-refractivity contribution < 1.29 is 98.6 Å². The average molecular weight is 889 g/mol. The normalized spacial score (nSPS) is 50.3. The topological polar surface area (TPSA) is 318 Å². The highest BCUT2D eigenvalue weighted by molar-refractivity contribution is 5.90. The van der Waals surface area contributed by atoms with Crippen LogP contribution in [-0.2, 0) is 47.5 Å². The largest absolute Gasteiger partial charge is 0.481 e. The average Bonchev–Trinajstić information content (AvgIpc) is 3.42. The van der Waals surface area contributed by atoms with E-state index in [-0.39, 0.29) is 22.7 Å². The number of carboxylic acids is 1. The molecular weight excluding hydrogens is 824 g/mol. The number of carbonyl (C=O) groups is 3. The third-order valence-electron chi connectivity index (χ3n) is 15.7. The second kappa shape index (κ2) is 17.8.